The molecule has 0 aromatic heterocycles. The Morgan fingerprint density at radius 1 is 1.15 bits per heavy atom. The Morgan fingerprint density at radius 2 is 1.93 bits per heavy atom. The first-order valence-electron chi connectivity index (χ1n) is 10.2. The van der Waals surface area contributed by atoms with E-state index >= 15 is 0 Å². The van der Waals surface area contributed by atoms with Gasteiger partial charge in [0.1, 0.15) is 5.75 Å². The molecule has 2 aliphatic heterocycles. The standard InChI is InChI=1S/C21H35N3O3/c1-4-27-16-18-13-17(5-6-21(18)26-3)14-23-8-7-19(20(25)15-23)24-11-9-22(2)10-12-24/h5-6,13,19-20,25H,4,7-12,14-16H2,1-3H3/t19-,20-/m1/s1. The summed E-state index contributed by atoms with van der Waals surface area (Å²) in [5.74, 6) is 0.876. The monoisotopic (exact) mass is 377 g/mol. The maximum atomic E-state index is 10.8. The molecule has 2 aliphatic rings. The molecular weight excluding hydrogens is 342 g/mol. The molecule has 2 fully saturated rings. The van der Waals surface area contributed by atoms with Crippen LogP contribution in [-0.2, 0) is 17.9 Å². The van der Waals surface area contributed by atoms with Gasteiger partial charge in [-0.2, -0.15) is 0 Å². The predicted octanol–water partition coefficient (Wildman–Crippen LogP) is 1.41. The van der Waals surface area contributed by atoms with Crippen LogP contribution in [0.25, 0.3) is 0 Å². The number of piperazine rings is 1. The molecule has 0 bridgehead atoms. The van der Waals surface area contributed by atoms with E-state index in [-0.39, 0.29) is 6.10 Å². The van der Waals surface area contributed by atoms with Crippen LogP contribution >= 0.6 is 0 Å². The van der Waals surface area contributed by atoms with E-state index in [1.54, 1.807) is 7.11 Å². The lowest BCUT2D eigenvalue weighted by Crippen LogP contribution is -2.58. The molecule has 2 saturated heterocycles. The SMILES string of the molecule is CCOCc1cc(CN2CC[C@@H](N3CCN(C)CC3)[C@H](O)C2)ccc1OC. The third-order valence-electron chi connectivity index (χ3n) is 5.85. The highest BCUT2D eigenvalue weighted by Gasteiger charge is 2.33. The maximum Gasteiger partial charge on any atom is 0.124 e. The number of likely N-dealkylation sites (tertiary alicyclic amines) is 1. The summed E-state index contributed by atoms with van der Waals surface area (Å²) in [6, 6.07) is 6.62. The first kappa shape index (κ1) is 20.6. The number of benzene rings is 1. The normalized spacial score (nSPS) is 25.6. The first-order valence-corrected chi connectivity index (χ1v) is 10.2. The molecule has 27 heavy (non-hydrogen) atoms. The first-order chi connectivity index (χ1) is 13.1. The molecule has 0 radical (unpaired) electrons. The van der Waals surface area contributed by atoms with Crippen molar-refractivity contribution in [2.45, 2.75) is 38.6 Å². The van der Waals surface area contributed by atoms with Gasteiger partial charge in [-0.15, -0.1) is 0 Å². The highest BCUT2D eigenvalue weighted by molar-refractivity contribution is 5.37. The third kappa shape index (κ3) is 5.42. The molecule has 0 aliphatic carbocycles. The number of hydrogen-bond donors (Lipinski definition) is 1. The van der Waals surface area contributed by atoms with Crippen molar-refractivity contribution < 1.29 is 14.6 Å². The predicted molar refractivity (Wildman–Crippen MR) is 107 cm³/mol. The molecule has 0 amide bonds. The second-order valence-electron chi connectivity index (χ2n) is 7.78. The fourth-order valence-electron chi connectivity index (χ4n) is 4.22. The topological polar surface area (TPSA) is 48.4 Å². The number of nitrogens with zero attached hydrogens (tertiary/aromatic N) is 3. The number of likely N-dealkylation sites (N-methyl/N-ethyl adjacent to an activating group) is 1. The van der Waals surface area contributed by atoms with E-state index in [1.807, 2.05) is 13.0 Å². The Kier molecular flexibility index (Phi) is 7.49. The van der Waals surface area contributed by atoms with Crippen molar-refractivity contribution in [1.82, 2.24) is 14.7 Å². The highest BCUT2D eigenvalue weighted by atomic mass is 16.5. The van der Waals surface area contributed by atoms with Crippen LogP contribution in [0.15, 0.2) is 18.2 Å². The van der Waals surface area contributed by atoms with Gasteiger partial charge < -0.3 is 19.5 Å². The van der Waals surface area contributed by atoms with Crippen LogP contribution in [0.5, 0.6) is 5.75 Å². The number of methoxy groups -OCH3 is 1. The quantitative estimate of drug-likeness (QED) is 0.776. The number of rotatable bonds is 7. The Morgan fingerprint density at radius 3 is 2.59 bits per heavy atom. The molecule has 6 heteroatoms. The summed E-state index contributed by atoms with van der Waals surface area (Å²) in [5.41, 5.74) is 2.33. The summed E-state index contributed by atoms with van der Waals surface area (Å²) < 4.78 is 11.0. The second kappa shape index (κ2) is 9.85. The Bertz CT molecular complexity index is 590. The minimum atomic E-state index is -0.275. The van der Waals surface area contributed by atoms with Crippen molar-refractivity contribution in [3.8, 4) is 5.75 Å². The van der Waals surface area contributed by atoms with E-state index in [0.29, 0.717) is 19.3 Å². The lowest BCUT2D eigenvalue weighted by atomic mass is 9.98. The van der Waals surface area contributed by atoms with E-state index in [4.69, 9.17) is 9.47 Å². The van der Waals surface area contributed by atoms with Crippen LogP contribution in [0.1, 0.15) is 24.5 Å². The molecule has 2 heterocycles. The van der Waals surface area contributed by atoms with Crippen molar-refractivity contribution in [3.05, 3.63) is 29.3 Å². The summed E-state index contributed by atoms with van der Waals surface area (Å²) in [4.78, 5) is 7.21. The van der Waals surface area contributed by atoms with Crippen LogP contribution in [0, 0.1) is 0 Å². The summed E-state index contributed by atoms with van der Waals surface area (Å²) in [6.45, 7) is 10.2. The van der Waals surface area contributed by atoms with Gasteiger partial charge in [-0.25, -0.2) is 0 Å². The van der Waals surface area contributed by atoms with Crippen molar-refractivity contribution in [1.29, 1.82) is 0 Å². The van der Waals surface area contributed by atoms with Crippen LogP contribution in [0.3, 0.4) is 0 Å². The average molecular weight is 378 g/mol. The van der Waals surface area contributed by atoms with E-state index < -0.39 is 0 Å². The fraction of sp³-hybridized carbons (Fsp3) is 0.714. The Hall–Kier alpha value is -1.18. The van der Waals surface area contributed by atoms with Gasteiger partial charge in [0.25, 0.3) is 0 Å². The largest absolute Gasteiger partial charge is 0.496 e. The zero-order chi connectivity index (χ0) is 19.2. The maximum absolute atomic E-state index is 10.8. The molecule has 0 unspecified atom stereocenters. The number of ether oxygens (including phenoxy) is 2. The van der Waals surface area contributed by atoms with Gasteiger partial charge in [0, 0.05) is 64.0 Å². The second-order valence-corrected chi connectivity index (χ2v) is 7.78. The summed E-state index contributed by atoms with van der Waals surface area (Å²) in [6.07, 6.45) is 0.760. The van der Waals surface area contributed by atoms with Crippen molar-refractivity contribution in [2.24, 2.45) is 0 Å². The summed E-state index contributed by atoms with van der Waals surface area (Å²) >= 11 is 0. The van der Waals surface area contributed by atoms with E-state index in [1.165, 1.54) is 5.56 Å². The zero-order valence-electron chi connectivity index (χ0n) is 17.1. The zero-order valence-corrected chi connectivity index (χ0v) is 17.1. The van der Waals surface area contributed by atoms with Crippen LogP contribution < -0.4 is 4.74 Å². The van der Waals surface area contributed by atoms with Crippen LogP contribution in [-0.4, -0.2) is 92.0 Å². The van der Waals surface area contributed by atoms with Gasteiger partial charge in [-0.3, -0.25) is 9.80 Å². The molecule has 6 nitrogen and oxygen atoms in total. The Labute approximate surface area is 163 Å². The van der Waals surface area contributed by atoms with Crippen molar-refractivity contribution >= 4 is 0 Å². The molecule has 0 saturated carbocycles. The van der Waals surface area contributed by atoms with Gasteiger partial charge in [0.05, 0.1) is 19.8 Å². The lowest BCUT2D eigenvalue weighted by molar-refractivity contribution is -0.0286. The van der Waals surface area contributed by atoms with Gasteiger partial charge in [-0.05, 0) is 38.1 Å². The minimum Gasteiger partial charge on any atom is -0.496 e. The number of aliphatic hydroxyl groups excluding tert-OH is 1. The molecule has 0 spiro atoms. The van der Waals surface area contributed by atoms with Crippen molar-refractivity contribution in [2.75, 3.05) is 60.0 Å². The number of β-amino-alcohol motifs (C(OH)–C–C–N with tert-alkyl or cyclic N) is 1. The molecule has 152 valence electrons. The number of hydrogen-bond acceptors (Lipinski definition) is 6. The Balaban J connectivity index is 1.56. The molecular formula is C21H35N3O3. The molecule has 3 rings (SSSR count). The van der Waals surface area contributed by atoms with Crippen LogP contribution in [0.2, 0.25) is 0 Å². The molecule has 2 atom stereocenters. The third-order valence-corrected chi connectivity index (χ3v) is 5.85. The summed E-state index contributed by atoms with van der Waals surface area (Å²) in [5, 5.41) is 10.8. The van der Waals surface area contributed by atoms with Crippen LogP contribution in [0.4, 0.5) is 0 Å². The molecule has 1 N–H and O–H groups in total. The molecule has 1 aromatic rings. The van der Waals surface area contributed by atoms with Gasteiger partial charge in [-0.1, -0.05) is 6.07 Å². The van der Waals surface area contributed by atoms with E-state index in [0.717, 1.165) is 63.5 Å². The fourth-order valence-corrected chi connectivity index (χ4v) is 4.22. The van der Waals surface area contributed by atoms with E-state index in [2.05, 4.69) is 33.9 Å². The highest BCUT2D eigenvalue weighted by Crippen LogP contribution is 2.24. The van der Waals surface area contributed by atoms with Gasteiger partial charge >= 0.3 is 0 Å². The minimum absolute atomic E-state index is 0.275. The lowest BCUT2D eigenvalue weighted by Gasteiger charge is -2.44. The number of aliphatic hydroxyl groups is 1. The van der Waals surface area contributed by atoms with Gasteiger partial charge in [0.2, 0.25) is 0 Å². The van der Waals surface area contributed by atoms with Crippen molar-refractivity contribution in [3.63, 3.8) is 0 Å². The molecule has 1 aromatic carbocycles. The number of piperidine rings is 1. The smallest absolute Gasteiger partial charge is 0.124 e. The van der Waals surface area contributed by atoms with E-state index in [9.17, 15) is 5.11 Å². The average Bonchev–Trinajstić information content (AvgIpc) is 2.67. The van der Waals surface area contributed by atoms with Gasteiger partial charge in [0.15, 0.2) is 0 Å². The summed E-state index contributed by atoms with van der Waals surface area (Å²) in [7, 11) is 3.87.